The second kappa shape index (κ2) is 6.91. The molecule has 0 bridgehead atoms. The van der Waals surface area contributed by atoms with Gasteiger partial charge in [-0.1, -0.05) is 30.9 Å². The molecule has 0 aliphatic carbocycles. The Balaban J connectivity index is 1.91. The average Bonchev–Trinajstić information content (AvgIpc) is 2.33. The van der Waals surface area contributed by atoms with Crippen molar-refractivity contribution in [3.63, 3.8) is 0 Å². The number of carbonyl (C=O) groups excluding carboxylic acids is 1. The highest BCUT2D eigenvalue weighted by atomic mass is 35.5. The van der Waals surface area contributed by atoms with Gasteiger partial charge in [-0.3, -0.25) is 4.79 Å². The zero-order valence-corrected chi connectivity index (χ0v) is 11.4. The highest BCUT2D eigenvalue weighted by molar-refractivity contribution is 6.30. The summed E-state index contributed by atoms with van der Waals surface area (Å²) in [5.74, 6) is 0.213. The lowest BCUT2D eigenvalue weighted by molar-refractivity contribution is 0.0966. The lowest BCUT2D eigenvalue weighted by Crippen LogP contribution is -2.33. The lowest BCUT2D eigenvalue weighted by Gasteiger charge is -2.20. The van der Waals surface area contributed by atoms with Gasteiger partial charge in [-0.05, 0) is 43.7 Å². The summed E-state index contributed by atoms with van der Waals surface area (Å²) in [7, 11) is 0. The Morgan fingerprint density at radius 3 is 2.67 bits per heavy atom. The van der Waals surface area contributed by atoms with Crippen molar-refractivity contribution in [1.82, 2.24) is 5.32 Å². The van der Waals surface area contributed by atoms with Gasteiger partial charge >= 0.3 is 0 Å². The molecule has 98 valence electrons. The van der Waals surface area contributed by atoms with E-state index < -0.39 is 0 Å². The molecular formula is C15H20ClNO. The van der Waals surface area contributed by atoms with Gasteiger partial charge in [-0.15, -0.1) is 0 Å². The minimum atomic E-state index is 0.213. The number of hydrogen-bond donors (Lipinski definition) is 1. The highest BCUT2D eigenvalue weighted by Gasteiger charge is 2.15. The van der Waals surface area contributed by atoms with Crippen molar-refractivity contribution in [2.75, 3.05) is 6.54 Å². The molecule has 18 heavy (non-hydrogen) atoms. The first kappa shape index (κ1) is 13.6. The molecule has 1 unspecified atom stereocenters. The van der Waals surface area contributed by atoms with Crippen LogP contribution in [0.4, 0.5) is 0 Å². The maximum atomic E-state index is 12.1. The van der Waals surface area contributed by atoms with Crippen molar-refractivity contribution in [2.24, 2.45) is 0 Å². The number of carbonyl (C=O) groups is 1. The molecule has 0 aromatic heterocycles. The van der Waals surface area contributed by atoms with E-state index in [1.54, 1.807) is 12.1 Å². The van der Waals surface area contributed by atoms with Crippen molar-refractivity contribution < 1.29 is 4.79 Å². The Morgan fingerprint density at radius 1 is 1.17 bits per heavy atom. The first-order chi connectivity index (χ1) is 8.75. The number of ketones is 1. The fourth-order valence-electron chi connectivity index (χ4n) is 2.43. The van der Waals surface area contributed by atoms with E-state index in [4.69, 9.17) is 11.6 Å². The van der Waals surface area contributed by atoms with Gasteiger partial charge in [0, 0.05) is 23.0 Å². The predicted octanol–water partition coefficient (Wildman–Crippen LogP) is 3.84. The lowest BCUT2D eigenvalue weighted by atomic mass is 9.97. The van der Waals surface area contributed by atoms with Crippen LogP contribution in [0, 0.1) is 0 Å². The summed E-state index contributed by atoms with van der Waals surface area (Å²) in [6, 6.07) is 7.52. The Bertz CT molecular complexity index is 380. The zero-order chi connectivity index (χ0) is 12.8. The minimum Gasteiger partial charge on any atom is -0.314 e. The maximum Gasteiger partial charge on any atom is 0.164 e. The van der Waals surface area contributed by atoms with Crippen LogP contribution in [-0.4, -0.2) is 18.4 Å². The molecule has 0 saturated carbocycles. The third-order valence-corrected chi connectivity index (χ3v) is 3.76. The molecule has 1 aromatic rings. The standard InChI is InChI=1S/C15H20ClNO/c16-13-8-6-12(7-9-13)15(18)11-14-5-3-1-2-4-10-17-14/h6-9,14,17H,1-5,10-11H2. The van der Waals surface area contributed by atoms with E-state index in [1.165, 1.54) is 25.7 Å². The van der Waals surface area contributed by atoms with Crippen LogP contribution >= 0.6 is 11.6 Å². The zero-order valence-electron chi connectivity index (χ0n) is 10.6. The summed E-state index contributed by atoms with van der Waals surface area (Å²) in [6.45, 7) is 1.04. The molecule has 0 spiro atoms. The van der Waals surface area contributed by atoms with Crippen LogP contribution in [0.1, 0.15) is 48.9 Å². The van der Waals surface area contributed by atoms with Crippen LogP contribution in [0.15, 0.2) is 24.3 Å². The van der Waals surface area contributed by atoms with E-state index in [9.17, 15) is 4.79 Å². The van der Waals surface area contributed by atoms with Crippen LogP contribution in [0.2, 0.25) is 5.02 Å². The smallest absolute Gasteiger partial charge is 0.164 e. The Morgan fingerprint density at radius 2 is 1.89 bits per heavy atom. The third-order valence-electron chi connectivity index (χ3n) is 3.51. The predicted molar refractivity (Wildman–Crippen MR) is 75.3 cm³/mol. The summed E-state index contributed by atoms with van der Waals surface area (Å²) in [4.78, 5) is 12.1. The molecule has 1 N–H and O–H groups in total. The molecule has 0 amide bonds. The number of rotatable bonds is 3. The quantitative estimate of drug-likeness (QED) is 0.842. The fraction of sp³-hybridized carbons (Fsp3) is 0.533. The van der Waals surface area contributed by atoms with Gasteiger partial charge in [0.05, 0.1) is 0 Å². The van der Waals surface area contributed by atoms with Gasteiger partial charge in [0.25, 0.3) is 0 Å². The van der Waals surface area contributed by atoms with Crippen LogP contribution in [0.3, 0.4) is 0 Å². The maximum absolute atomic E-state index is 12.1. The largest absolute Gasteiger partial charge is 0.314 e. The van der Waals surface area contributed by atoms with E-state index in [0.717, 1.165) is 18.5 Å². The Kier molecular flexibility index (Phi) is 5.21. The molecule has 1 aromatic carbocycles. The van der Waals surface area contributed by atoms with E-state index in [-0.39, 0.29) is 5.78 Å². The number of benzene rings is 1. The summed E-state index contributed by atoms with van der Waals surface area (Å²) in [5, 5.41) is 4.16. The average molecular weight is 266 g/mol. The van der Waals surface area contributed by atoms with Gasteiger partial charge in [0.1, 0.15) is 0 Å². The summed E-state index contributed by atoms with van der Waals surface area (Å²) in [5.41, 5.74) is 0.767. The van der Waals surface area contributed by atoms with E-state index in [0.29, 0.717) is 17.5 Å². The highest BCUT2D eigenvalue weighted by Crippen LogP contribution is 2.16. The number of halogens is 1. The van der Waals surface area contributed by atoms with E-state index >= 15 is 0 Å². The molecule has 0 radical (unpaired) electrons. The van der Waals surface area contributed by atoms with Crippen LogP contribution in [-0.2, 0) is 0 Å². The minimum absolute atomic E-state index is 0.213. The summed E-state index contributed by atoms with van der Waals surface area (Å²) in [6.07, 6.45) is 6.77. The van der Waals surface area contributed by atoms with Crippen molar-refractivity contribution in [1.29, 1.82) is 0 Å². The molecule has 1 aliphatic rings. The Labute approximate surface area is 114 Å². The van der Waals surface area contributed by atoms with Crippen molar-refractivity contribution in [3.8, 4) is 0 Å². The molecular weight excluding hydrogens is 246 g/mol. The van der Waals surface area contributed by atoms with Crippen molar-refractivity contribution in [2.45, 2.75) is 44.6 Å². The van der Waals surface area contributed by atoms with Crippen molar-refractivity contribution in [3.05, 3.63) is 34.9 Å². The fourth-order valence-corrected chi connectivity index (χ4v) is 2.56. The van der Waals surface area contributed by atoms with Crippen molar-refractivity contribution >= 4 is 17.4 Å². The normalized spacial score (nSPS) is 21.1. The van der Waals surface area contributed by atoms with E-state index in [1.807, 2.05) is 12.1 Å². The van der Waals surface area contributed by atoms with Gasteiger partial charge in [0.15, 0.2) is 5.78 Å². The first-order valence-electron chi connectivity index (χ1n) is 6.78. The molecule has 2 rings (SSSR count). The van der Waals surface area contributed by atoms with Gasteiger partial charge in [-0.25, -0.2) is 0 Å². The summed E-state index contributed by atoms with van der Waals surface area (Å²) >= 11 is 5.82. The molecule has 1 saturated heterocycles. The number of hydrogen-bond acceptors (Lipinski definition) is 2. The molecule has 1 fully saturated rings. The monoisotopic (exact) mass is 265 g/mol. The van der Waals surface area contributed by atoms with E-state index in [2.05, 4.69) is 5.32 Å². The topological polar surface area (TPSA) is 29.1 Å². The van der Waals surface area contributed by atoms with Crippen LogP contribution < -0.4 is 5.32 Å². The van der Waals surface area contributed by atoms with Crippen LogP contribution in [0.5, 0.6) is 0 Å². The molecule has 1 atom stereocenters. The summed E-state index contributed by atoms with van der Waals surface area (Å²) < 4.78 is 0. The van der Waals surface area contributed by atoms with Gasteiger partial charge < -0.3 is 5.32 Å². The molecule has 1 aliphatic heterocycles. The second-order valence-electron chi connectivity index (χ2n) is 4.99. The van der Waals surface area contributed by atoms with Crippen LogP contribution in [0.25, 0.3) is 0 Å². The third kappa shape index (κ3) is 4.11. The molecule has 2 nitrogen and oxygen atoms in total. The van der Waals surface area contributed by atoms with Gasteiger partial charge in [-0.2, -0.15) is 0 Å². The molecule has 3 heteroatoms. The Hall–Kier alpha value is -0.860. The van der Waals surface area contributed by atoms with Gasteiger partial charge in [0.2, 0.25) is 0 Å². The number of Topliss-reactive ketones (excluding diaryl/α,β-unsaturated/α-hetero) is 1. The SMILES string of the molecule is O=C(CC1CCCCCCN1)c1ccc(Cl)cc1. The first-order valence-corrected chi connectivity index (χ1v) is 7.15. The number of nitrogens with one attached hydrogen (secondary N) is 1. The molecule has 1 heterocycles. The second-order valence-corrected chi connectivity index (χ2v) is 5.42.